The van der Waals surface area contributed by atoms with Crippen LogP contribution in [0.5, 0.6) is 0 Å². The number of aliphatic hydroxyl groups excluding tert-OH is 2. The van der Waals surface area contributed by atoms with E-state index in [2.05, 4.69) is 0 Å². The Hall–Kier alpha value is -1.39. The third kappa shape index (κ3) is 3.64. The van der Waals surface area contributed by atoms with E-state index >= 15 is 0 Å². The molecule has 88 valence electrons. The second-order valence-corrected chi connectivity index (χ2v) is 3.38. The highest BCUT2D eigenvalue weighted by Gasteiger charge is 2.10. The summed E-state index contributed by atoms with van der Waals surface area (Å²) in [4.78, 5) is 11.6. The van der Waals surface area contributed by atoms with Gasteiger partial charge in [0.05, 0.1) is 18.8 Å². The molecule has 4 nitrogen and oxygen atoms in total. The zero-order chi connectivity index (χ0) is 11.8. The molecule has 0 saturated heterocycles. The summed E-state index contributed by atoms with van der Waals surface area (Å²) in [5.74, 6) is -0.428. The topological polar surface area (TPSA) is 66.8 Å². The summed E-state index contributed by atoms with van der Waals surface area (Å²) in [6.45, 7) is 0.214. The average molecular weight is 224 g/mol. The van der Waals surface area contributed by atoms with E-state index in [1.807, 2.05) is 0 Å². The molecule has 0 aliphatic carbocycles. The maximum atomic E-state index is 11.6. The summed E-state index contributed by atoms with van der Waals surface area (Å²) in [5.41, 5.74) is 0.962. The van der Waals surface area contributed by atoms with Crippen LogP contribution in [-0.4, -0.2) is 29.4 Å². The fraction of sp³-hybridized carbons (Fsp3) is 0.417. The van der Waals surface area contributed by atoms with Crippen molar-refractivity contribution in [2.45, 2.75) is 19.4 Å². The Bertz CT molecular complexity index is 336. The molecule has 1 aromatic rings. The number of rotatable bonds is 6. The van der Waals surface area contributed by atoms with Gasteiger partial charge >= 0.3 is 5.97 Å². The molecule has 0 atom stereocenters. The maximum Gasteiger partial charge on any atom is 0.338 e. The van der Waals surface area contributed by atoms with Crippen LogP contribution in [0, 0.1) is 0 Å². The molecule has 0 bridgehead atoms. The highest BCUT2D eigenvalue weighted by molar-refractivity contribution is 5.91. The molecule has 2 N–H and O–H groups in total. The molecular formula is C12H16O4. The van der Waals surface area contributed by atoms with Gasteiger partial charge in [-0.05, 0) is 24.5 Å². The Labute approximate surface area is 94.5 Å². The van der Waals surface area contributed by atoms with Gasteiger partial charge in [0.2, 0.25) is 0 Å². The molecule has 0 aliphatic heterocycles. The number of benzene rings is 1. The molecule has 0 aliphatic rings. The lowest BCUT2D eigenvalue weighted by atomic mass is 10.1. The standard InChI is InChI=1S/C12H16O4/c13-7-3-4-8-16-12(15)11-6-2-1-5-10(11)9-14/h1-2,5-6,13-14H,3-4,7-9H2. The average Bonchev–Trinajstić information content (AvgIpc) is 2.34. The van der Waals surface area contributed by atoms with Crippen LogP contribution in [0.4, 0.5) is 0 Å². The Kier molecular flexibility index (Phi) is 5.53. The summed E-state index contributed by atoms with van der Waals surface area (Å²) >= 11 is 0. The van der Waals surface area contributed by atoms with E-state index in [9.17, 15) is 4.79 Å². The monoisotopic (exact) mass is 224 g/mol. The first-order valence-corrected chi connectivity index (χ1v) is 5.26. The number of hydrogen-bond acceptors (Lipinski definition) is 4. The van der Waals surface area contributed by atoms with E-state index in [-0.39, 0.29) is 13.2 Å². The van der Waals surface area contributed by atoms with Crippen molar-refractivity contribution in [2.75, 3.05) is 13.2 Å². The van der Waals surface area contributed by atoms with Crippen molar-refractivity contribution in [1.82, 2.24) is 0 Å². The van der Waals surface area contributed by atoms with Crippen LogP contribution in [-0.2, 0) is 11.3 Å². The van der Waals surface area contributed by atoms with Gasteiger partial charge in [0.25, 0.3) is 0 Å². The van der Waals surface area contributed by atoms with E-state index in [0.717, 1.165) is 0 Å². The Morgan fingerprint density at radius 2 is 1.94 bits per heavy atom. The molecule has 0 amide bonds. The lowest BCUT2D eigenvalue weighted by Gasteiger charge is -2.07. The summed E-state index contributed by atoms with van der Waals surface area (Å²) in [6.07, 6.45) is 1.26. The molecule has 0 saturated carbocycles. The lowest BCUT2D eigenvalue weighted by Crippen LogP contribution is -2.09. The van der Waals surface area contributed by atoms with Crippen molar-refractivity contribution in [3.8, 4) is 0 Å². The number of carbonyl (C=O) groups is 1. The van der Waals surface area contributed by atoms with Gasteiger partial charge in [-0.1, -0.05) is 18.2 Å². The predicted octanol–water partition coefficient (Wildman–Crippen LogP) is 1.11. The maximum absolute atomic E-state index is 11.6. The molecule has 4 heteroatoms. The number of carbonyl (C=O) groups excluding carboxylic acids is 1. The SMILES string of the molecule is O=C(OCCCCO)c1ccccc1CO. The van der Waals surface area contributed by atoms with E-state index in [4.69, 9.17) is 14.9 Å². The quantitative estimate of drug-likeness (QED) is 0.561. The van der Waals surface area contributed by atoms with Gasteiger partial charge in [0.15, 0.2) is 0 Å². The van der Waals surface area contributed by atoms with Crippen LogP contribution < -0.4 is 0 Å². The Balaban J connectivity index is 2.52. The van der Waals surface area contributed by atoms with Crippen LogP contribution in [0.3, 0.4) is 0 Å². The Morgan fingerprint density at radius 1 is 1.19 bits per heavy atom. The molecule has 0 aromatic heterocycles. The third-order valence-corrected chi connectivity index (χ3v) is 2.19. The fourth-order valence-electron chi connectivity index (χ4n) is 1.31. The zero-order valence-corrected chi connectivity index (χ0v) is 9.06. The van der Waals surface area contributed by atoms with Crippen LogP contribution in [0.15, 0.2) is 24.3 Å². The molecule has 0 heterocycles. The molecule has 16 heavy (non-hydrogen) atoms. The largest absolute Gasteiger partial charge is 0.462 e. The van der Waals surface area contributed by atoms with E-state index < -0.39 is 5.97 Å². The number of ether oxygens (including phenoxy) is 1. The fourth-order valence-corrected chi connectivity index (χ4v) is 1.31. The number of unbranched alkanes of at least 4 members (excludes halogenated alkanes) is 1. The van der Waals surface area contributed by atoms with Gasteiger partial charge in [-0.2, -0.15) is 0 Å². The first-order chi connectivity index (χ1) is 7.79. The lowest BCUT2D eigenvalue weighted by molar-refractivity contribution is 0.0489. The minimum Gasteiger partial charge on any atom is -0.462 e. The van der Waals surface area contributed by atoms with Gasteiger partial charge in [0, 0.05) is 6.61 Å². The molecule has 1 aromatic carbocycles. The van der Waals surface area contributed by atoms with Crippen molar-refractivity contribution in [3.63, 3.8) is 0 Å². The van der Waals surface area contributed by atoms with Gasteiger partial charge in [-0.25, -0.2) is 4.79 Å². The van der Waals surface area contributed by atoms with Gasteiger partial charge in [0.1, 0.15) is 0 Å². The Morgan fingerprint density at radius 3 is 2.62 bits per heavy atom. The minimum absolute atomic E-state index is 0.102. The number of esters is 1. The van der Waals surface area contributed by atoms with Gasteiger partial charge in [-0.3, -0.25) is 0 Å². The van der Waals surface area contributed by atoms with Crippen LogP contribution in [0.25, 0.3) is 0 Å². The summed E-state index contributed by atoms with van der Waals surface area (Å²) in [6, 6.07) is 6.79. The first-order valence-electron chi connectivity index (χ1n) is 5.26. The smallest absolute Gasteiger partial charge is 0.338 e. The van der Waals surface area contributed by atoms with Crippen molar-refractivity contribution in [3.05, 3.63) is 35.4 Å². The van der Waals surface area contributed by atoms with Crippen LogP contribution in [0.1, 0.15) is 28.8 Å². The third-order valence-electron chi connectivity index (χ3n) is 2.19. The molecular weight excluding hydrogens is 208 g/mol. The van der Waals surface area contributed by atoms with E-state index in [1.54, 1.807) is 24.3 Å². The van der Waals surface area contributed by atoms with Crippen molar-refractivity contribution in [1.29, 1.82) is 0 Å². The van der Waals surface area contributed by atoms with Crippen molar-refractivity contribution in [2.24, 2.45) is 0 Å². The normalized spacial score (nSPS) is 10.1. The molecule has 0 radical (unpaired) electrons. The summed E-state index contributed by atoms with van der Waals surface area (Å²) in [7, 11) is 0. The zero-order valence-electron chi connectivity index (χ0n) is 9.06. The second kappa shape index (κ2) is 6.98. The highest BCUT2D eigenvalue weighted by Crippen LogP contribution is 2.10. The second-order valence-electron chi connectivity index (χ2n) is 3.38. The first kappa shape index (κ1) is 12.7. The summed E-state index contributed by atoms with van der Waals surface area (Å²) in [5, 5.41) is 17.6. The molecule has 0 unspecified atom stereocenters. The molecule has 1 rings (SSSR count). The van der Waals surface area contributed by atoms with Crippen molar-refractivity contribution >= 4 is 5.97 Å². The molecule has 0 fully saturated rings. The van der Waals surface area contributed by atoms with E-state index in [0.29, 0.717) is 30.6 Å². The van der Waals surface area contributed by atoms with Crippen LogP contribution in [0.2, 0.25) is 0 Å². The van der Waals surface area contributed by atoms with Crippen LogP contribution >= 0.6 is 0 Å². The van der Waals surface area contributed by atoms with Gasteiger partial charge in [-0.15, -0.1) is 0 Å². The minimum atomic E-state index is -0.428. The van der Waals surface area contributed by atoms with Crippen molar-refractivity contribution < 1.29 is 19.7 Å². The predicted molar refractivity (Wildman–Crippen MR) is 59.0 cm³/mol. The summed E-state index contributed by atoms with van der Waals surface area (Å²) < 4.78 is 5.01. The number of aliphatic hydroxyl groups is 2. The molecule has 0 spiro atoms. The van der Waals surface area contributed by atoms with E-state index in [1.165, 1.54) is 0 Å². The van der Waals surface area contributed by atoms with Gasteiger partial charge < -0.3 is 14.9 Å². The highest BCUT2D eigenvalue weighted by atomic mass is 16.5. The number of hydrogen-bond donors (Lipinski definition) is 2.